The van der Waals surface area contributed by atoms with Crippen LogP contribution < -0.4 is 14.9 Å². The van der Waals surface area contributed by atoms with Crippen molar-refractivity contribution in [1.29, 1.82) is 0 Å². The average Bonchev–Trinajstić information content (AvgIpc) is 3.45. The van der Waals surface area contributed by atoms with E-state index in [0.29, 0.717) is 16.6 Å². The summed E-state index contributed by atoms with van der Waals surface area (Å²) in [5.74, 6) is -0.723. The molecule has 1 N–H and O–H groups in total. The summed E-state index contributed by atoms with van der Waals surface area (Å²) in [4.78, 5) is 32.0. The number of nitro benzene ring substituents is 2. The summed E-state index contributed by atoms with van der Waals surface area (Å²) in [6.07, 6.45) is 0. The van der Waals surface area contributed by atoms with Crippen LogP contribution in [0.25, 0.3) is 11.1 Å². The fraction of sp³-hybridized carbons (Fsp3) is 0.320. The largest absolute Gasteiger partial charge is 0.498 e. The van der Waals surface area contributed by atoms with Gasteiger partial charge in [-0.3, -0.25) is 20.2 Å². The average molecular weight is 558 g/mol. The molecule has 0 aliphatic carbocycles. The number of carboxylic acids is 1. The third-order valence-corrected chi connectivity index (χ3v) is 7.37. The first-order valence-corrected chi connectivity index (χ1v) is 12.4. The van der Waals surface area contributed by atoms with Gasteiger partial charge < -0.3 is 23.9 Å². The number of hydrogen-bond acceptors (Lipinski definition) is 10. The van der Waals surface area contributed by atoms with Crippen LogP contribution in [-0.4, -0.2) is 53.5 Å². The second-order valence-corrected chi connectivity index (χ2v) is 10.3. The first-order valence-electron chi connectivity index (χ1n) is 11.5. The lowest BCUT2D eigenvalue weighted by atomic mass is 9.78. The normalized spacial score (nSPS) is 15.2. The van der Waals surface area contributed by atoms with Gasteiger partial charge in [0.25, 0.3) is 0 Å². The zero-order chi connectivity index (χ0) is 29.1. The van der Waals surface area contributed by atoms with Crippen LogP contribution in [0.3, 0.4) is 0 Å². The fourth-order valence-electron chi connectivity index (χ4n) is 3.76. The van der Waals surface area contributed by atoms with E-state index < -0.39 is 34.1 Å². The van der Waals surface area contributed by atoms with E-state index in [1.807, 2.05) is 27.7 Å². The maximum atomic E-state index is 11.0. The highest BCUT2D eigenvalue weighted by atomic mass is 32.1. The Bertz CT molecular complexity index is 1390. The number of rotatable bonds is 7. The first-order chi connectivity index (χ1) is 18.2. The van der Waals surface area contributed by atoms with Crippen LogP contribution in [0.1, 0.15) is 37.4 Å². The second kappa shape index (κ2) is 11.4. The third kappa shape index (κ3) is 6.03. The van der Waals surface area contributed by atoms with Crippen molar-refractivity contribution in [3.05, 3.63) is 73.0 Å². The molecule has 1 saturated heterocycles. The van der Waals surface area contributed by atoms with E-state index in [1.54, 1.807) is 23.6 Å². The lowest BCUT2D eigenvalue weighted by Crippen LogP contribution is -2.41. The summed E-state index contributed by atoms with van der Waals surface area (Å²) in [6.45, 7) is 7.71. The van der Waals surface area contributed by atoms with Gasteiger partial charge in [-0.1, -0.05) is 24.3 Å². The summed E-state index contributed by atoms with van der Waals surface area (Å²) in [5, 5.41) is 32.5. The molecular formula is C25H27BN2O10S. The third-order valence-electron chi connectivity index (χ3n) is 6.45. The van der Waals surface area contributed by atoms with Gasteiger partial charge in [0.15, 0.2) is 5.75 Å². The topological polar surface area (TPSA) is 161 Å². The van der Waals surface area contributed by atoms with E-state index in [2.05, 4.69) is 0 Å². The molecule has 1 aliphatic rings. The molecule has 0 amide bonds. The molecule has 2 heterocycles. The lowest BCUT2D eigenvalue weighted by molar-refractivity contribution is -0.385. The van der Waals surface area contributed by atoms with E-state index in [9.17, 15) is 25.0 Å². The van der Waals surface area contributed by atoms with E-state index >= 15 is 0 Å². The Labute approximate surface area is 228 Å². The number of aromatic carboxylic acids is 1. The van der Waals surface area contributed by atoms with Crippen molar-refractivity contribution in [3.63, 3.8) is 0 Å². The van der Waals surface area contributed by atoms with E-state index in [0.717, 1.165) is 11.3 Å². The minimum atomic E-state index is -1.03. The monoisotopic (exact) mass is 558 g/mol. The molecule has 2 aromatic carbocycles. The highest BCUT2D eigenvalue weighted by molar-refractivity contribution is 7.12. The highest BCUT2D eigenvalue weighted by Crippen LogP contribution is 2.40. The predicted octanol–water partition coefficient (Wildman–Crippen LogP) is 4.93. The number of para-hydroxylation sites is 2. The molecule has 206 valence electrons. The Kier molecular flexibility index (Phi) is 8.63. The Hall–Kier alpha value is -4.01. The molecule has 4 rings (SSSR count). The fourth-order valence-corrected chi connectivity index (χ4v) is 4.51. The minimum Gasteiger partial charge on any atom is -0.490 e. The zero-order valence-corrected chi connectivity index (χ0v) is 22.9. The maximum absolute atomic E-state index is 11.0. The zero-order valence-electron chi connectivity index (χ0n) is 22.1. The molecule has 1 aromatic heterocycles. The maximum Gasteiger partial charge on any atom is 0.498 e. The quantitative estimate of drug-likeness (QED) is 0.239. The van der Waals surface area contributed by atoms with Crippen molar-refractivity contribution in [2.75, 3.05) is 14.2 Å². The molecule has 1 fully saturated rings. The van der Waals surface area contributed by atoms with Crippen molar-refractivity contribution in [2.45, 2.75) is 38.9 Å². The molecule has 0 spiro atoms. The number of hydrogen-bond donors (Lipinski definition) is 1. The number of methoxy groups -OCH3 is 2. The van der Waals surface area contributed by atoms with E-state index in [1.165, 1.54) is 38.5 Å². The number of ether oxygens (including phenoxy) is 2. The first kappa shape index (κ1) is 29.5. The van der Waals surface area contributed by atoms with Crippen molar-refractivity contribution in [3.8, 4) is 22.6 Å². The van der Waals surface area contributed by atoms with Gasteiger partial charge in [-0.2, -0.15) is 0 Å². The number of carboxylic acid groups (broad SMARTS) is 1. The van der Waals surface area contributed by atoms with Crippen LogP contribution in [-0.2, 0) is 9.31 Å². The summed E-state index contributed by atoms with van der Waals surface area (Å²) >= 11 is 1.06. The molecule has 0 radical (unpaired) electrons. The Balaban J connectivity index is 0.000000216. The highest BCUT2D eigenvalue weighted by Gasteiger charge is 2.53. The standard InChI is InChI=1S/C13H18BNO5.C12H9NO5S/c1-12(2)13(3,4)20-14(19-12)9-7-6-8-10(15(16)17)11(9)18-5;1-18-11-8(3-2-4-9(11)13(16)17)7-5-10(12(14)15)19-6-7/h6-8H,1-5H3;2-6H,1H3,(H,14,15). The van der Waals surface area contributed by atoms with Crippen LogP contribution in [0.5, 0.6) is 11.5 Å². The molecule has 0 unspecified atom stereocenters. The summed E-state index contributed by atoms with van der Waals surface area (Å²) in [5.41, 5.74) is 0.354. The van der Waals surface area contributed by atoms with Gasteiger partial charge in [-0.05, 0) is 44.7 Å². The molecule has 14 heteroatoms. The Morgan fingerprint density at radius 1 is 0.923 bits per heavy atom. The van der Waals surface area contributed by atoms with Crippen molar-refractivity contribution >= 4 is 41.3 Å². The van der Waals surface area contributed by atoms with Crippen LogP contribution in [0.15, 0.2) is 47.8 Å². The van der Waals surface area contributed by atoms with Crippen molar-refractivity contribution < 1.29 is 38.5 Å². The molecule has 3 aromatic rings. The second-order valence-electron chi connectivity index (χ2n) is 9.36. The van der Waals surface area contributed by atoms with Crippen LogP contribution in [0.2, 0.25) is 0 Å². The van der Waals surface area contributed by atoms with E-state index in [4.69, 9.17) is 23.9 Å². The van der Waals surface area contributed by atoms with Gasteiger partial charge in [0.1, 0.15) is 4.88 Å². The van der Waals surface area contributed by atoms with Crippen LogP contribution >= 0.6 is 11.3 Å². The molecule has 39 heavy (non-hydrogen) atoms. The number of nitro groups is 2. The van der Waals surface area contributed by atoms with E-state index in [-0.39, 0.29) is 27.8 Å². The van der Waals surface area contributed by atoms with Gasteiger partial charge in [0, 0.05) is 23.2 Å². The van der Waals surface area contributed by atoms with Gasteiger partial charge in [-0.25, -0.2) is 4.79 Å². The Morgan fingerprint density at radius 3 is 1.90 bits per heavy atom. The van der Waals surface area contributed by atoms with Gasteiger partial charge in [0.2, 0.25) is 5.75 Å². The number of benzene rings is 2. The molecular weight excluding hydrogens is 531 g/mol. The number of carbonyl (C=O) groups is 1. The molecule has 0 saturated carbocycles. The SMILES string of the molecule is COc1c(-c2csc(C(=O)O)c2)cccc1[N+](=O)[O-].COc1c(B2OC(C)(C)C(C)(C)O2)cccc1[N+](=O)[O-]. The van der Waals surface area contributed by atoms with Crippen LogP contribution in [0.4, 0.5) is 11.4 Å². The lowest BCUT2D eigenvalue weighted by Gasteiger charge is -2.32. The summed E-state index contributed by atoms with van der Waals surface area (Å²) in [6, 6.07) is 10.7. The van der Waals surface area contributed by atoms with Gasteiger partial charge in [-0.15, -0.1) is 11.3 Å². The molecule has 0 bridgehead atoms. The molecule has 1 aliphatic heterocycles. The summed E-state index contributed by atoms with van der Waals surface area (Å²) in [7, 11) is 2.06. The molecule has 12 nitrogen and oxygen atoms in total. The number of thiophene rings is 1. The minimum absolute atomic E-state index is 0.0975. The van der Waals surface area contributed by atoms with Gasteiger partial charge >= 0.3 is 24.5 Å². The number of nitrogens with zero attached hydrogens (tertiary/aromatic N) is 2. The van der Waals surface area contributed by atoms with Gasteiger partial charge in [0.05, 0.1) is 35.3 Å². The summed E-state index contributed by atoms with van der Waals surface area (Å²) < 4.78 is 22.1. The van der Waals surface area contributed by atoms with Crippen molar-refractivity contribution in [2.24, 2.45) is 0 Å². The Morgan fingerprint density at radius 2 is 1.44 bits per heavy atom. The van der Waals surface area contributed by atoms with Crippen molar-refractivity contribution in [1.82, 2.24) is 0 Å². The molecule has 0 atom stereocenters. The smallest absolute Gasteiger partial charge is 0.490 e. The predicted molar refractivity (Wildman–Crippen MR) is 145 cm³/mol. The van der Waals surface area contributed by atoms with Crippen LogP contribution in [0, 0.1) is 20.2 Å².